The summed E-state index contributed by atoms with van der Waals surface area (Å²) in [6.45, 7) is 0. The van der Waals surface area contributed by atoms with E-state index in [1.165, 1.54) is 17.8 Å². The molecule has 0 saturated heterocycles. The van der Waals surface area contributed by atoms with Crippen molar-refractivity contribution in [1.82, 2.24) is 4.98 Å². The molecule has 13 heavy (non-hydrogen) atoms. The normalized spacial score (nSPS) is 16.3. The second-order valence-electron chi connectivity index (χ2n) is 3.32. The van der Waals surface area contributed by atoms with Crippen molar-refractivity contribution in [3.05, 3.63) is 28.8 Å². The van der Waals surface area contributed by atoms with Crippen LogP contribution in [0.3, 0.4) is 0 Å². The van der Waals surface area contributed by atoms with E-state index >= 15 is 0 Å². The SMILES string of the molecule is c1coc(-c2csc(C3CC3)n2)c1. The van der Waals surface area contributed by atoms with Crippen LogP contribution in [0.5, 0.6) is 0 Å². The van der Waals surface area contributed by atoms with E-state index in [-0.39, 0.29) is 0 Å². The Kier molecular flexibility index (Phi) is 1.52. The number of nitrogens with zero attached hydrogens (tertiary/aromatic N) is 1. The van der Waals surface area contributed by atoms with Crippen LogP contribution in [0, 0.1) is 0 Å². The van der Waals surface area contributed by atoms with Crippen molar-refractivity contribution in [2.75, 3.05) is 0 Å². The first-order valence-corrected chi connectivity index (χ1v) is 5.31. The number of thiazole rings is 1. The fourth-order valence-corrected chi connectivity index (χ4v) is 2.32. The van der Waals surface area contributed by atoms with Crippen LogP contribution in [0.2, 0.25) is 0 Å². The second-order valence-corrected chi connectivity index (χ2v) is 4.21. The first kappa shape index (κ1) is 7.33. The Bertz CT molecular complexity index is 400. The van der Waals surface area contributed by atoms with Gasteiger partial charge < -0.3 is 4.42 Å². The summed E-state index contributed by atoms with van der Waals surface area (Å²) in [4.78, 5) is 4.54. The van der Waals surface area contributed by atoms with Crippen LogP contribution in [0.4, 0.5) is 0 Å². The molecule has 1 aliphatic carbocycles. The van der Waals surface area contributed by atoms with Crippen molar-refractivity contribution in [3.63, 3.8) is 0 Å². The molecule has 0 amide bonds. The molecule has 0 unspecified atom stereocenters. The maximum absolute atomic E-state index is 5.28. The van der Waals surface area contributed by atoms with Gasteiger partial charge in [0.05, 0.1) is 11.3 Å². The minimum absolute atomic E-state index is 0.744. The van der Waals surface area contributed by atoms with Crippen molar-refractivity contribution in [1.29, 1.82) is 0 Å². The van der Waals surface area contributed by atoms with Crippen LogP contribution in [0.15, 0.2) is 28.2 Å². The summed E-state index contributed by atoms with van der Waals surface area (Å²) in [6, 6.07) is 3.84. The van der Waals surface area contributed by atoms with Gasteiger partial charge in [0.25, 0.3) is 0 Å². The van der Waals surface area contributed by atoms with Crippen LogP contribution in [-0.4, -0.2) is 4.98 Å². The van der Waals surface area contributed by atoms with Gasteiger partial charge in [0.1, 0.15) is 5.69 Å². The predicted molar refractivity (Wildman–Crippen MR) is 51.8 cm³/mol. The molecule has 0 bridgehead atoms. The van der Waals surface area contributed by atoms with Gasteiger partial charge in [-0.25, -0.2) is 4.98 Å². The summed E-state index contributed by atoms with van der Waals surface area (Å²) < 4.78 is 5.28. The molecule has 0 spiro atoms. The Balaban J connectivity index is 1.97. The standard InChI is InChI=1S/C10H9NOS/c1-2-9(12-5-1)8-6-13-10(11-8)7-3-4-7/h1-2,5-7H,3-4H2. The largest absolute Gasteiger partial charge is 0.463 e. The zero-order valence-corrected chi connectivity index (χ0v) is 7.88. The van der Waals surface area contributed by atoms with Gasteiger partial charge in [-0.1, -0.05) is 0 Å². The molecular formula is C10H9NOS. The van der Waals surface area contributed by atoms with Crippen molar-refractivity contribution in [2.45, 2.75) is 18.8 Å². The van der Waals surface area contributed by atoms with E-state index in [0.29, 0.717) is 0 Å². The maximum Gasteiger partial charge on any atom is 0.153 e. The zero-order chi connectivity index (χ0) is 8.67. The molecule has 0 N–H and O–H groups in total. The van der Waals surface area contributed by atoms with Gasteiger partial charge in [-0.15, -0.1) is 11.3 Å². The van der Waals surface area contributed by atoms with E-state index in [9.17, 15) is 0 Å². The maximum atomic E-state index is 5.28. The van der Waals surface area contributed by atoms with Gasteiger partial charge in [0.2, 0.25) is 0 Å². The average molecular weight is 191 g/mol. The van der Waals surface area contributed by atoms with Crippen LogP contribution in [0.25, 0.3) is 11.5 Å². The number of furan rings is 1. The second kappa shape index (κ2) is 2.70. The van der Waals surface area contributed by atoms with E-state index in [1.807, 2.05) is 12.1 Å². The number of rotatable bonds is 2. The lowest BCUT2D eigenvalue weighted by atomic mass is 10.3. The molecule has 1 fully saturated rings. The highest BCUT2D eigenvalue weighted by Gasteiger charge is 2.26. The van der Waals surface area contributed by atoms with Crippen LogP contribution >= 0.6 is 11.3 Å². The average Bonchev–Trinajstić information content (AvgIpc) is 2.72. The summed E-state index contributed by atoms with van der Waals surface area (Å²) in [5, 5.41) is 3.35. The monoisotopic (exact) mass is 191 g/mol. The molecule has 1 saturated carbocycles. The van der Waals surface area contributed by atoms with Gasteiger partial charge in [0, 0.05) is 11.3 Å². The van der Waals surface area contributed by atoms with Crippen molar-refractivity contribution in [2.24, 2.45) is 0 Å². The van der Waals surface area contributed by atoms with Crippen molar-refractivity contribution >= 4 is 11.3 Å². The molecular weight excluding hydrogens is 182 g/mol. The predicted octanol–water partition coefficient (Wildman–Crippen LogP) is 3.28. The first-order valence-electron chi connectivity index (χ1n) is 4.43. The molecule has 3 rings (SSSR count). The van der Waals surface area contributed by atoms with Gasteiger partial charge in [-0.3, -0.25) is 0 Å². The van der Waals surface area contributed by atoms with E-state index in [4.69, 9.17) is 4.42 Å². The lowest BCUT2D eigenvalue weighted by molar-refractivity contribution is 0.580. The first-order chi connectivity index (χ1) is 6.43. The minimum Gasteiger partial charge on any atom is -0.463 e. The fourth-order valence-electron chi connectivity index (χ4n) is 1.34. The molecule has 0 atom stereocenters. The topological polar surface area (TPSA) is 26.0 Å². The highest BCUT2D eigenvalue weighted by molar-refractivity contribution is 7.10. The van der Waals surface area contributed by atoms with Gasteiger partial charge >= 0.3 is 0 Å². The van der Waals surface area contributed by atoms with Crippen LogP contribution < -0.4 is 0 Å². The van der Waals surface area contributed by atoms with E-state index in [0.717, 1.165) is 17.4 Å². The van der Waals surface area contributed by atoms with Crippen LogP contribution in [-0.2, 0) is 0 Å². The third-order valence-corrected chi connectivity index (χ3v) is 3.23. The molecule has 1 aliphatic rings. The molecule has 0 aromatic carbocycles. The molecule has 0 aliphatic heterocycles. The highest BCUT2D eigenvalue weighted by atomic mass is 32.1. The van der Waals surface area contributed by atoms with E-state index < -0.39 is 0 Å². The molecule has 2 heterocycles. The summed E-state index contributed by atoms with van der Waals surface area (Å²) in [7, 11) is 0. The lowest BCUT2D eigenvalue weighted by Gasteiger charge is -1.87. The van der Waals surface area contributed by atoms with Crippen molar-refractivity contribution in [3.8, 4) is 11.5 Å². The Morgan fingerprint density at radius 2 is 2.38 bits per heavy atom. The summed E-state index contributed by atoms with van der Waals surface area (Å²) in [5.74, 6) is 1.62. The summed E-state index contributed by atoms with van der Waals surface area (Å²) in [6.07, 6.45) is 4.31. The van der Waals surface area contributed by atoms with E-state index in [2.05, 4.69) is 10.4 Å². The molecule has 3 heteroatoms. The quantitative estimate of drug-likeness (QED) is 0.728. The summed E-state index contributed by atoms with van der Waals surface area (Å²) in [5.41, 5.74) is 0.983. The minimum atomic E-state index is 0.744. The molecule has 66 valence electrons. The van der Waals surface area contributed by atoms with Gasteiger partial charge in [-0.2, -0.15) is 0 Å². The van der Waals surface area contributed by atoms with Gasteiger partial charge in [0.15, 0.2) is 5.76 Å². The number of aromatic nitrogens is 1. The Morgan fingerprint density at radius 3 is 3.08 bits per heavy atom. The molecule has 2 aromatic heterocycles. The molecule has 2 nitrogen and oxygen atoms in total. The third-order valence-electron chi connectivity index (χ3n) is 2.22. The Morgan fingerprint density at radius 1 is 1.46 bits per heavy atom. The molecule has 0 radical (unpaired) electrons. The van der Waals surface area contributed by atoms with E-state index in [1.54, 1.807) is 17.6 Å². The fraction of sp³-hybridized carbons (Fsp3) is 0.300. The summed E-state index contributed by atoms with van der Waals surface area (Å²) >= 11 is 1.75. The number of hydrogen-bond donors (Lipinski definition) is 0. The van der Waals surface area contributed by atoms with Crippen LogP contribution in [0.1, 0.15) is 23.8 Å². The van der Waals surface area contributed by atoms with Crippen molar-refractivity contribution < 1.29 is 4.42 Å². The molecule has 2 aromatic rings. The Hall–Kier alpha value is -1.09. The Labute approximate surface area is 80.2 Å². The third kappa shape index (κ3) is 1.29. The smallest absolute Gasteiger partial charge is 0.153 e. The highest BCUT2D eigenvalue weighted by Crippen LogP contribution is 2.42. The lowest BCUT2D eigenvalue weighted by Crippen LogP contribution is -1.77. The van der Waals surface area contributed by atoms with Gasteiger partial charge in [-0.05, 0) is 25.0 Å². The zero-order valence-electron chi connectivity index (χ0n) is 7.06. The number of hydrogen-bond acceptors (Lipinski definition) is 3.